The molecular weight excluding hydrogens is 288 g/mol. The van der Waals surface area contributed by atoms with Crippen LogP contribution in [0.15, 0.2) is 36.7 Å². The molecule has 0 atom stereocenters. The number of ether oxygens (including phenoxy) is 1. The van der Waals surface area contributed by atoms with Gasteiger partial charge >= 0.3 is 0 Å². The number of carbonyl (C=O) groups is 1. The van der Waals surface area contributed by atoms with Gasteiger partial charge in [0, 0.05) is 11.9 Å². The maximum Gasteiger partial charge on any atom is 0.275 e. The molecule has 2 aromatic rings. The van der Waals surface area contributed by atoms with Crippen molar-refractivity contribution in [1.82, 2.24) is 9.97 Å². The Kier molecular flexibility index (Phi) is 4.78. The van der Waals surface area contributed by atoms with Gasteiger partial charge in [0.15, 0.2) is 0 Å². The third-order valence-electron chi connectivity index (χ3n) is 2.51. The molecule has 0 saturated heterocycles. The first-order valence-corrected chi connectivity index (χ1v) is 6.56. The molecule has 0 aliphatic rings. The van der Waals surface area contributed by atoms with Gasteiger partial charge in [0.25, 0.3) is 5.91 Å². The highest BCUT2D eigenvalue weighted by Gasteiger charge is 2.08. The fourth-order valence-electron chi connectivity index (χ4n) is 1.49. The standard InChI is InChI=1S/C14H14N4O2S/c1-9-6-17-12(7-16-9)14(19)18-10-2-4-11(5-3-10)20-8-13(15)21/h2-7H,8H2,1H3,(H2,15,21)(H,18,19). The topological polar surface area (TPSA) is 90.1 Å². The molecule has 0 bridgehead atoms. The first kappa shape index (κ1) is 14.9. The van der Waals surface area contributed by atoms with E-state index in [1.54, 1.807) is 37.4 Å². The van der Waals surface area contributed by atoms with Gasteiger partial charge < -0.3 is 15.8 Å². The normalized spacial score (nSPS) is 9.95. The zero-order chi connectivity index (χ0) is 15.2. The Bertz CT molecular complexity index is 641. The molecule has 0 aliphatic heterocycles. The van der Waals surface area contributed by atoms with Crippen LogP contribution in [0.5, 0.6) is 5.75 Å². The Morgan fingerprint density at radius 2 is 2.00 bits per heavy atom. The monoisotopic (exact) mass is 302 g/mol. The van der Waals surface area contributed by atoms with E-state index in [-0.39, 0.29) is 23.2 Å². The summed E-state index contributed by atoms with van der Waals surface area (Å²) >= 11 is 4.72. The number of aryl methyl sites for hydroxylation is 1. The van der Waals surface area contributed by atoms with Gasteiger partial charge in [-0.3, -0.25) is 9.78 Å². The number of carbonyl (C=O) groups excluding carboxylic acids is 1. The fraction of sp³-hybridized carbons (Fsp3) is 0.143. The van der Waals surface area contributed by atoms with Crippen LogP contribution in [0.4, 0.5) is 5.69 Å². The summed E-state index contributed by atoms with van der Waals surface area (Å²) < 4.78 is 5.32. The number of nitrogens with zero attached hydrogens (tertiary/aromatic N) is 2. The van der Waals surface area contributed by atoms with E-state index in [2.05, 4.69) is 15.3 Å². The van der Waals surface area contributed by atoms with E-state index in [4.69, 9.17) is 22.7 Å². The lowest BCUT2D eigenvalue weighted by Gasteiger charge is -2.07. The zero-order valence-corrected chi connectivity index (χ0v) is 12.2. The number of hydrogen-bond donors (Lipinski definition) is 2. The van der Waals surface area contributed by atoms with E-state index >= 15 is 0 Å². The van der Waals surface area contributed by atoms with Gasteiger partial charge in [0.2, 0.25) is 0 Å². The smallest absolute Gasteiger partial charge is 0.275 e. The summed E-state index contributed by atoms with van der Waals surface area (Å²) in [7, 11) is 0. The summed E-state index contributed by atoms with van der Waals surface area (Å²) in [4.78, 5) is 20.3. The minimum Gasteiger partial charge on any atom is -0.487 e. The number of amides is 1. The predicted octanol–water partition coefficient (Wildman–Crippen LogP) is 1.70. The van der Waals surface area contributed by atoms with E-state index < -0.39 is 0 Å². The molecule has 0 spiro atoms. The summed E-state index contributed by atoms with van der Waals surface area (Å²) in [6.07, 6.45) is 2.98. The number of nitrogens with two attached hydrogens (primary N) is 1. The van der Waals surface area contributed by atoms with Crippen molar-refractivity contribution in [2.24, 2.45) is 5.73 Å². The molecule has 1 aromatic heterocycles. The van der Waals surface area contributed by atoms with Crippen LogP contribution in [-0.2, 0) is 0 Å². The summed E-state index contributed by atoms with van der Waals surface area (Å²) in [5.41, 5.74) is 6.99. The quantitative estimate of drug-likeness (QED) is 0.817. The Morgan fingerprint density at radius 1 is 1.29 bits per heavy atom. The molecule has 7 heteroatoms. The Labute approximate surface area is 127 Å². The first-order chi connectivity index (χ1) is 10.0. The van der Waals surface area contributed by atoms with Gasteiger partial charge in [-0.2, -0.15) is 0 Å². The minimum atomic E-state index is -0.320. The molecule has 1 aromatic carbocycles. The Morgan fingerprint density at radius 3 is 2.57 bits per heavy atom. The van der Waals surface area contributed by atoms with E-state index in [9.17, 15) is 4.79 Å². The van der Waals surface area contributed by atoms with Crippen LogP contribution in [0.3, 0.4) is 0 Å². The van der Waals surface area contributed by atoms with Gasteiger partial charge in [-0.15, -0.1) is 0 Å². The Balaban J connectivity index is 1.98. The van der Waals surface area contributed by atoms with Crippen LogP contribution in [0.1, 0.15) is 16.2 Å². The summed E-state index contributed by atoms with van der Waals surface area (Å²) in [5.74, 6) is 0.301. The maximum atomic E-state index is 11.9. The third-order valence-corrected chi connectivity index (χ3v) is 2.62. The highest BCUT2D eigenvalue weighted by atomic mass is 32.1. The van der Waals surface area contributed by atoms with Crippen molar-refractivity contribution in [2.75, 3.05) is 11.9 Å². The number of benzene rings is 1. The largest absolute Gasteiger partial charge is 0.487 e. The molecule has 6 nitrogen and oxygen atoms in total. The van der Waals surface area contributed by atoms with Crippen LogP contribution < -0.4 is 15.8 Å². The molecule has 108 valence electrons. The van der Waals surface area contributed by atoms with Crippen molar-refractivity contribution in [3.63, 3.8) is 0 Å². The minimum absolute atomic E-state index is 0.181. The van der Waals surface area contributed by atoms with Gasteiger partial charge in [-0.05, 0) is 31.2 Å². The van der Waals surface area contributed by atoms with E-state index in [1.807, 2.05) is 0 Å². The number of thiocarbonyl (C=S) groups is 1. The lowest BCUT2D eigenvalue weighted by atomic mass is 10.3. The lowest BCUT2D eigenvalue weighted by molar-refractivity contribution is 0.102. The average Bonchev–Trinajstić information content (AvgIpc) is 2.47. The maximum absolute atomic E-state index is 11.9. The molecule has 0 aliphatic carbocycles. The zero-order valence-electron chi connectivity index (χ0n) is 11.4. The number of aromatic nitrogens is 2. The lowest BCUT2D eigenvalue weighted by Crippen LogP contribution is -2.17. The van der Waals surface area contributed by atoms with Crippen molar-refractivity contribution in [2.45, 2.75) is 6.92 Å². The fourth-order valence-corrected chi connectivity index (χ4v) is 1.55. The molecule has 0 unspecified atom stereocenters. The second kappa shape index (κ2) is 6.76. The molecule has 2 rings (SSSR count). The molecule has 3 N–H and O–H groups in total. The molecule has 1 amide bonds. The second-order valence-electron chi connectivity index (χ2n) is 4.28. The van der Waals surface area contributed by atoms with Gasteiger partial charge in [0.1, 0.15) is 23.0 Å². The number of rotatable bonds is 5. The van der Waals surface area contributed by atoms with Gasteiger partial charge in [-0.25, -0.2) is 4.98 Å². The van der Waals surface area contributed by atoms with Crippen molar-refractivity contribution in [3.05, 3.63) is 48.0 Å². The van der Waals surface area contributed by atoms with Crippen LogP contribution >= 0.6 is 12.2 Å². The highest BCUT2D eigenvalue weighted by molar-refractivity contribution is 7.80. The van der Waals surface area contributed by atoms with Gasteiger partial charge in [-0.1, -0.05) is 12.2 Å². The summed E-state index contributed by atoms with van der Waals surface area (Å²) in [6, 6.07) is 6.87. The predicted molar refractivity (Wildman–Crippen MR) is 83.4 cm³/mol. The van der Waals surface area contributed by atoms with Crippen molar-refractivity contribution in [1.29, 1.82) is 0 Å². The Hall–Kier alpha value is -2.54. The van der Waals surface area contributed by atoms with Gasteiger partial charge in [0.05, 0.1) is 11.9 Å². The number of nitrogens with one attached hydrogen (secondary N) is 1. The highest BCUT2D eigenvalue weighted by Crippen LogP contribution is 2.16. The summed E-state index contributed by atoms with van der Waals surface area (Å²) in [6.45, 7) is 1.99. The molecule has 0 radical (unpaired) electrons. The van der Waals surface area contributed by atoms with Crippen molar-refractivity contribution < 1.29 is 9.53 Å². The molecule has 0 saturated carbocycles. The van der Waals surface area contributed by atoms with Crippen LogP contribution in [-0.4, -0.2) is 27.5 Å². The van der Waals surface area contributed by atoms with E-state index in [0.717, 1.165) is 5.69 Å². The van der Waals surface area contributed by atoms with Crippen LogP contribution in [0.25, 0.3) is 0 Å². The second-order valence-corrected chi connectivity index (χ2v) is 4.80. The van der Waals surface area contributed by atoms with Crippen molar-refractivity contribution in [3.8, 4) is 5.75 Å². The van der Waals surface area contributed by atoms with Crippen LogP contribution in [0, 0.1) is 6.92 Å². The molecule has 0 fully saturated rings. The van der Waals surface area contributed by atoms with Crippen LogP contribution in [0.2, 0.25) is 0 Å². The number of hydrogen-bond acceptors (Lipinski definition) is 5. The molecular formula is C14H14N4O2S. The average molecular weight is 302 g/mol. The van der Waals surface area contributed by atoms with Crippen molar-refractivity contribution >= 4 is 28.8 Å². The molecule has 1 heterocycles. The SMILES string of the molecule is Cc1cnc(C(=O)Nc2ccc(OCC(N)=S)cc2)cn1. The summed E-state index contributed by atoms with van der Waals surface area (Å²) in [5, 5.41) is 2.72. The first-order valence-electron chi connectivity index (χ1n) is 6.16. The third kappa shape index (κ3) is 4.50. The van der Waals surface area contributed by atoms with E-state index in [1.165, 1.54) is 6.20 Å². The van der Waals surface area contributed by atoms with E-state index in [0.29, 0.717) is 11.4 Å². The number of anilines is 1. The molecule has 21 heavy (non-hydrogen) atoms.